The summed E-state index contributed by atoms with van der Waals surface area (Å²) in [6.45, 7) is 0.234. The van der Waals surface area contributed by atoms with Gasteiger partial charge in [0.05, 0.1) is 24.4 Å². The average Bonchev–Trinajstić information content (AvgIpc) is 3.35. The Labute approximate surface area is 186 Å². The number of hydrogen-bond acceptors (Lipinski definition) is 7. The molecule has 0 radical (unpaired) electrons. The number of urea groups is 1. The van der Waals surface area contributed by atoms with Crippen LogP contribution >= 0.6 is 0 Å². The van der Waals surface area contributed by atoms with Gasteiger partial charge in [-0.05, 0) is 61.2 Å². The molecule has 2 aromatic rings. The van der Waals surface area contributed by atoms with Crippen molar-refractivity contribution in [1.29, 1.82) is 0 Å². The second kappa shape index (κ2) is 8.34. The first-order chi connectivity index (χ1) is 15.3. The van der Waals surface area contributed by atoms with Gasteiger partial charge >= 0.3 is 6.03 Å². The summed E-state index contributed by atoms with van der Waals surface area (Å²) in [6, 6.07) is 10.8. The molecule has 1 saturated carbocycles. The molecule has 3 amide bonds. The van der Waals surface area contributed by atoms with Gasteiger partial charge < -0.3 is 19.5 Å². The number of nitrogens with one attached hydrogen (secondary N) is 2. The van der Waals surface area contributed by atoms with Crippen molar-refractivity contribution in [3.8, 4) is 17.2 Å². The quantitative estimate of drug-likeness (QED) is 0.608. The number of rotatable bonds is 7. The topological polar surface area (TPSA) is 120 Å². The van der Waals surface area contributed by atoms with Gasteiger partial charge in [0.2, 0.25) is 0 Å². The van der Waals surface area contributed by atoms with E-state index in [2.05, 4.69) is 10.6 Å². The lowest BCUT2D eigenvalue weighted by Gasteiger charge is -2.27. The summed E-state index contributed by atoms with van der Waals surface area (Å²) in [5, 5.41) is 3.70. The fourth-order valence-corrected chi connectivity index (χ4v) is 6.44. The summed E-state index contributed by atoms with van der Waals surface area (Å²) in [5.74, 6) is 1.18. The summed E-state index contributed by atoms with van der Waals surface area (Å²) in [6.07, 6.45) is 1.12. The van der Waals surface area contributed by atoms with E-state index in [1.54, 1.807) is 32.4 Å². The summed E-state index contributed by atoms with van der Waals surface area (Å²) in [7, 11) is -0.727. The van der Waals surface area contributed by atoms with Crippen molar-refractivity contribution in [3.05, 3.63) is 48.0 Å². The number of hydrogen-bond donors (Lipinski definition) is 2. The fraction of sp³-hybridized carbons (Fsp3) is 0.364. The molecule has 0 aromatic heterocycles. The molecule has 170 valence electrons. The van der Waals surface area contributed by atoms with Crippen LogP contribution in [0, 0.1) is 0 Å². The van der Waals surface area contributed by atoms with Gasteiger partial charge in [-0.3, -0.25) is 10.1 Å². The van der Waals surface area contributed by atoms with Crippen LogP contribution in [-0.2, 0) is 21.2 Å². The zero-order valence-corrected chi connectivity index (χ0v) is 18.5. The van der Waals surface area contributed by atoms with Crippen LogP contribution in [0.25, 0.3) is 0 Å². The van der Waals surface area contributed by atoms with E-state index in [1.165, 1.54) is 12.1 Å². The smallest absolute Gasteiger partial charge is 0.322 e. The van der Waals surface area contributed by atoms with Gasteiger partial charge in [-0.2, -0.15) is 0 Å². The Morgan fingerprint density at radius 3 is 2.22 bits per heavy atom. The number of carbonyl (C=O) groups excluding carboxylic acids is 2. The van der Waals surface area contributed by atoms with Gasteiger partial charge in [0.1, 0.15) is 29.4 Å². The molecule has 2 unspecified atom stereocenters. The summed E-state index contributed by atoms with van der Waals surface area (Å²) < 4.78 is 42.8. The molecule has 4 rings (SSSR count). The highest BCUT2D eigenvalue weighted by Crippen LogP contribution is 2.40. The lowest BCUT2D eigenvalue weighted by atomic mass is 9.98. The third kappa shape index (κ3) is 3.86. The number of benzene rings is 2. The minimum Gasteiger partial charge on any atom is -0.497 e. The lowest BCUT2D eigenvalue weighted by molar-refractivity contribution is -0.123. The van der Waals surface area contributed by atoms with E-state index in [4.69, 9.17) is 14.2 Å². The zero-order valence-electron chi connectivity index (χ0n) is 17.7. The highest BCUT2D eigenvalue weighted by Gasteiger charge is 2.59. The fourth-order valence-electron chi connectivity index (χ4n) is 4.31. The van der Waals surface area contributed by atoms with E-state index in [1.807, 2.05) is 12.1 Å². The van der Waals surface area contributed by atoms with E-state index >= 15 is 0 Å². The highest BCUT2D eigenvalue weighted by atomic mass is 32.2. The van der Waals surface area contributed by atoms with Gasteiger partial charge in [0.15, 0.2) is 9.84 Å². The van der Waals surface area contributed by atoms with Crippen molar-refractivity contribution in [3.63, 3.8) is 0 Å². The van der Waals surface area contributed by atoms with Crippen molar-refractivity contribution in [2.75, 3.05) is 14.2 Å². The van der Waals surface area contributed by atoms with Crippen molar-refractivity contribution in [2.45, 2.75) is 41.6 Å². The standard InChI is InChI=1S/C22H24N2O7S/c1-29-16-10-14(11-17(12-16)30-2)13-31-15-5-7-18(8-6-15)32(27,28)19-4-3-9-22(19)20(25)23-21(26)24-22/h5-8,10-12,19H,3-4,9,13H2,1-2H3,(H2,23,24,25,26). The predicted molar refractivity (Wildman–Crippen MR) is 115 cm³/mol. The van der Waals surface area contributed by atoms with Gasteiger partial charge in [-0.25, -0.2) is 13.2 Å². The SMILES string of the molecule is COc1cc(COc2ccc(S(=O)(=O)C3CCCC34NC(=O)NC4=O)cc2)cc(OC)c1. The van der Waals surface area contributed by atoms with Crippen LogP contribution in [0.15, 0.2) is 47.4 Å². The lowest BCUT2D eigenvalue weighted by Crippen LogP contribution is -2.55. The second-order valence-corrected chi connectivity index (χ2v) is 9.92. The van der Waals surface area contributed by atoms with Gasteiger partial charge in [0, 0.05) is 6.07 Å². The highest BCUT2D eigenvalue weighted by molar-refractivity contribution is 7.92. The minimum absolute atomic E-state index is 0.0770. The van der Waals surface area contributed by atoms with Crippen LogP contribution in [0.4, 0.5) is 4.79 Å². The largest absolute Gasteiger partial charge is 0.497 e. The average molecular weight is 461 g/mol. The normalized spacial score (nSPS) is 22.5. The van der Waals surface area contributed by atoms with Gasteiger partial charge in [0.25, 0.3) is 5.91 Å². The molecule has 9 nitrogen and oxygen atoms in total. The molecule has 2 aromatic carbocycles. The van der Waals surface area contributed by atoms with Crippen LogP contribution in [0.3, 0.4) is 0 Å². The van der Waals surface area contributed by atoms with Crippen molar-refractivity contribution in [1.82, 2.24) is 10.6 Å². The Morgan fingerprint density at radius 1 is 1.00 bits per heavy atom. The molecule has 0 bridgehead atoms. The maximum atomic E-state index is 13.3. The summed E-state index contributed by atoms with van der Waals surface area (Å²) >= 11 is 0. The van der Waals surface area contributed by atoms with Crippen LogP contribution < -0.4 is 24.8 Å². The Hall–Kier alpha value is -3.27. The Morgan fingerprint density at radius 2 is 1.66 bits per heavy atom. The van der Waals surface area contributed by atoms with E-state index in [9.17, 15) is 18.0 Å². The predicted octanol–water partition coefficient (Wildman–Crippen LogP) is 2.19. The molecular weight excluding hydrogens is 436 g/mol. The first-order valence-corrected chi connectivity index (χ1v) is 11.7. The molecule has 2 atom stereocenters. The molecule has 1 heterocycles. The van der Waals surface area contributed by atoms with Crippen LogP contribution in [0.5, 0.6) is 17.2 Å². The van der Waals surface area contributed by atoms with E-state index in [0.29, 0.717) is 36.5 Å². The number of carbonyl (C=O) groups is 2. The van der Waals surface area contributed by atoms with E-state index in [-0.39, 0.29) is 11.5 Å². The Bertz CT molecular complexity index is 1130. The third-order valence-corrected chi connectivity index (χ3v) is 8.22. The molecular formula is C22H24N2O7S. The minimum atomic E-state index is -3.85. The summed E-state index contributed by atoms with van der Waals surface area (Å²) in [5.41, 5.74) is -0.579. The van der Waals surface area contributed by atoms with Crippen LogP contribution in [0.2, 0.25) is 0 Å². The number of amides is 3. The van der Waals surface area contributed by atoms with Crippen molar-refractivity contribution in [2.24, 2.45) is 0 Å². The van der Waals surface area contributed by atoms with E-state index < -0.39 is 32.6 Å². The molecule has 1 saturated heterocycles. The van der Waals surface area contributed by atoms with Crippen molar-refractivity contribution >= 4 is 21.8 Å². The van der Waals surface area contributed by atoms with Crippen LogP contribution in [0.1, 0.15) is 24.8 Å². The molecule has 1 spiro atoms. The van der Waals surface area contributed by atoms with Crippen LogP contribution in [-0.4, -0.2) is 45.4 Å². The monoisotopic (exact) mass is 460 g/mol. The Balaban J connectivity index is 1.50. The van der Waals surface area contributed by atoms with E-state index in [0.717, 1.165) is 5.56 Å². The summed E-state index contributed by atoms with van der Waals surface area (Å²) in [4.78, 5) is 24.1. The van der Waals surface area contributed by atoms with Crippen molar-refractivity contribution < 1.29 is 32.2 Å². The molecule has 2 fully saturated rings. The third-order valence-electron chi connectivity index (χ3n) is 5.90. The zero-order chi connectivity index (χ0) is 22.9. The Kier molecular flexibility index (Phi) is 5.72. The second-order valence-electron chi connectivity index (χ2n) is 7.79. The first kappa shape index (κ1) is 21.9. The molecule has 1 aliphatic heterocycles. The molecule has 1 aliphatic carbocycles. The number of sulfone groups is 1. The van der Waals surface area contributed by atoms with Gasteiger partial charge in [-0.15, -0.1) is 0 Å². The molecule has 2 N–H and O–H groups in total. The molecule has 10 heteroatoms. The maximum Gasteiger partial charge on any atom is 0.322 e. The maximum absolute atomic E-state index is 13.3. The number of imide groups is 1. The molecule has 32 heavy (non-hydrogen) atoms. The van der Waals surface area contributed by atoms with Gasteiger partial charge in [-0.1, -0.05) is 0 Å². The number of ether oxygens (including phenoxy) is 3. The molecule has 2 aliphatic rings. The first-order valence-electron chi connectivity index (χ1n) is 10.1. The number of methoxy groups -OCH3 is 2.